The Morgan fingerprint density at radius 1 is 0.848 bits per heavy atom. The molecule has 0 aromatic heterocycles. The highest BCUT2D eigenvalue weighted by Gasteiger charge is 2.30. The maximum Gasteiger partial charge on any atom is 0.231 e. The molecule has 3 nitrogen and oxygen atoms in total. The standard InChI is InChI=1S/C29H21ClO3/c1-19-26(32-18-23-9-5-6-10-25(23)30)16-15-24-28(31)27(33-29(19)24)17-20-11-13-22(14-12-20)21-7-3-2-4-8-21/h2-17H,18H2,1H3/b27-17-. The molecule has 1 heterocycles. The van der Waals surface area contributed by atoms with Gasteiger partial charge < -0.3 is 9.47 Å². The van der Waals surface area contributed by atoms with Crippen molar-refractivity contribution in [3.05, 3.63) is 124 Å². The number of hydrogen-bond acceptors (Lipinski definition) is 3. The van der Waals surface area contributed by atoms with Gasteiger partial charge in [-0.3, -0.25) is 4.79 Å². The topological polar surface area (TPSA) is 35.5 Å². The van der Waals surface area contributed by atoms with Crippen molar-refractivity contribution in [1.82, 2.24) is 0 Å². The molecule has 0 fully saturated rings. The zero-order chi connectivity index (χ0) is 22.8. The van der Waals surface area contributed by atoms with Gasteiger partial charge in [-0.2, -0.15) is 0 Å². The van der Waals surface area contributed by atoms with Crippen molar-refractivity contribution in [2.75, 3.05) is 0 Å². The average molecular weight is 453 g/mol. The first kappa shape index (κ1) is 21.0. The van der Waals surface area contributed by atoms with Gasteiger partial charge in [0.2, 0.25) is 5.78 Å². The minimum Gasteiger partial charge on any atom is -0.488 e. The van der Waals surface area contributed by atoms with Crippen LogP contribution in [0.15, 0.2) is 96.8 Å². The zero-order valence-electron chi connectivity index (χ0n) is 18.0. The summed E-state index contributed by atoms with van der Waals surface area (Å²) in [5.41, 5.74) is 5.41. The van der Waals surface area contributed by atoms with Crippen molar-refractivity contribution in [2.45, 2.75) is 13.5 Å². The summed E-state index contributed by atoms with van der Waals surface area (Å²) in [6.45, 7) is 2.23. The van der Waals surface area contributed by atoms with E-state index in [9.17, 15) is 4.79 Å². The van der Waals surface area contributed by atoms with E-state index in [-0.39, 0.29) is 5.78 Å². The minimum atomic E-state index is -0.127. The molecule has 5 rings (SSSR count). The van der Waals surface area contributed by atoms with Crippen LogP contribution >= 0.6 is 11.6 Å². The van der Waals surface area contributed by atoms with E-state index in [1.54, 1.807) is 12.1 Å². The lowest BCUT2D eigenvalue weighted by molar-refractivity contribution is 0.101. The van der Waals surface area contributed by atoms with Gasteiger partial charge in [0.15, 0.2) is 5.76 Å². The van der Waals surface area contributed by atoms with Crippen LogP contribution in [0.25, 0.3) is 17.2 Å². The van der Waals surface area contributed by atoms with Gasteiger partial charge in [-0.15, -0.1) is 0 Å². The van der Waals surface area contributed by atoms with E-state index in [2.05, 4.69) is 12.1 Å². The van der Waals surface area contributed by atoms with Crippen LogP contribution < -0.4 is 9.47 Å². The highest BCUT2D eigenvalue weighted by molar-refractivity contribution is 6.31. The molecule has 162 valence electrons. The first-order valence-corrected chi connectivity index (χ1v) is 11.1. The molecule has 0 saturated heterocycles. The summed E-state index contributed by atoms with van der Waals surface area (Å²) in [5, 5.41) is 0.659. The maximum atomic E-state index is 12.9. The number of fused-ring (bicyclic) bond motifs is 1. The first-order chi connectivity index (χ1) is 16.1. The number of carbonyl (C=O) groups is 1. The van der Waals surface area contributed by atoms with E-state index in [0.717, 1.165) is 27.8 Å². The van der Waals surface area contributed by atoms with Gasteiger partial charge in [0.1, 0.15) is 18.1 Å². The predicted molar refractivity (Wildman–Crippen MR) is 132 cm³/mol. The van der Waals surface area contributed by atoms with Crippen LogP contribution in [-0.2, 0) is 6.61 Å². The average Bonchev–Trinajstić information content (AvgIpc) is 3.16. The molecule has 4 heteroatoms. The van der Waals surface area contributed by atoms with Crippen molar-refractivity contribution in [1.29, 1.82) is 0 Å². The molecule has 0 N–H and O–H groups in total. The van der Waals surface area contributed by atoms with Crippen molar-refractivity contribution in [3.8, 4) is 22.6 Å². The zero-order valence-corrected chi connectivity index (χ0v) is 18.8. The molecule has 0 unspecified atom stereocenters. The van der Waals surface area contributed by atoms with Crippen LogP contribution in [0.5, 0.6) is 11.5 Å². The number of allylic oxidation sites excluding steroid dienone is 1. The number of halogens is 1. The molecule has 0 spiro atoms. The van der Waals surface area contributed by atoms with Crippen LogP contribution in [0.1, 0.15) is 27.0 Å². The summed E-state index contributed by atoms with van der Waals surface area (Å²) in [7, 11) is 0. The fourth-order valence-electron chi connectivity index (χ4n) is 3.85. The Hall–Kier alpha value is -3.82. The molecule has 1 aliphatic heterocycles. The molecule has 33 heavy (non-hydrogen) atoms. The van der Waals surface area contributed by atoms with Gasteiger partial charge in [-0.05, 0) is 47.9 Å². The normalized spacial score (nSPS) is 13.6. The van der Waals surface area contributed by atoms with Crippen LogP contribution in [0.2, 0.25) is 5.02 Å². The number of benzene rings is 4. The number of ketones is 1. The maximum absolute atomic E-state index is 12.9. The van der Waals surface area contributed by atoms with E-state index >= 15 is 0 Å². The van der Waals surface area contributed by atoms with Crippen molar-refractivity contribution >= 4 is 23.5 Å². The second kappa shape index (κ2) is 8.97. The fraction of sp³-hybridized carbons (Fsp3) is 0.0690. The Labute approximate surface area is 197 Å². The van der Waals surface area contributed by atoms with Crippen molar-refractivity contribution in [2.24, 2.45) is 0 Å². The second-order valence-corrected chi connectivity index (χ2v) is 8.28. The van der Waals surface area contributed by atoms with Crippen molar-refractivity contribution < 1.29 is 14.3 Å². The van der Waals surface area contributed by atoms with Gasteiger partial charge in [0.25, 0.3) is 0 Å². The van der Waals surface area contributed by atoms with Gasteiger partial charge in [-0.1, -0.05) is 84.4 Å². The monoisotopic (exact) mass is 452 g/mol. The third kappa shape index (κ3) is 4.28. The van der Waals surface area contributed by atoms with E-state index in [0.29, 0.717) is 34.5 Å². The van der Waals surface area contributed by atoms with Gasteiger partial charge in [0, 0.05) is 16.1 Å². The number of carbonyl (C=O) groups excluding carboxylic acids is 1. The second-order valence-electron chi connectivity index (χ2n) is 7.87. The molecule has 4 aromatic rings. The molecule has 1 aliphatic rings. The molecular formula is C29H21ClO3. The molecule has 0 aliphatic carbocycles. The lowest BCUT2D eigenvalue weighted by atomic mass is 10.0. The Kier molecular flexibility index (Phi) is 5.72. The predicted octanol–water partition coefficient (Wildman–Crippen LogP) is 7.51. The number of rotatable bonds is 5. The quantitative estimate of drug-likeness (QED) is 0.294. The highest BCUT2D eigenvalue weighted by Crippen LogP contribution is 2.39. The van der Waals surface area contributed by atoms with E-state index in [1.807, 2.05) is 79.7 Å². The third-order valence-electron chi connectivity index (χ3n) is 5.69. The summed E-state index contributed by atoms with van der Waals surface area (Å²) in [5.74, 6) is 1.39. The number of hydrogen-bond donors (Lipinski definition) is 0. The summed E-state index contributed by atoms with van der Waals surface area (Å²) in [6, 6.07) is 29.4. The molecular weight excluding hydrogens is 432 g/mol. The lowest BCUT2D eigenvalue weighted by Crippen LogP contribution is -1.99. The largest absolute Gasteiger partial charge is 0.488 e. The van der Waals surface area contributed by atoms with E-state index < -0.39 is 0 Å². The van der Waals surface area contributed by atoms with Crippen LogP contribution in [0.4, 0.5) is 0 Å². The molecule has 0 saturated carbocycles. The lowest BCUT2D eigenvalue weighted by Gasteiger charge is -2.12. The first-order valence-electron chi connectivity index (χ1n) is 10.7. The summed E-state index contributed by atoms with van der Waals surface area (Å²) in [4.78, 5) is 12.9. The van der Waals surface area contributed by atoms with Gasteiger partial charge in [0.05, 0.1) is 5.56 Å². The highest BCUT2D eigenvalue weighted by atomic mass is 35.5. The Balaban J connectivity index is 1.35. The van der Waals surface area contributed by atoms with Gasteiger partial charge >= 0.3 is 0 Å². The summed E-state index contributed by atoms with van der Waals surface area (Å²) in [6.07, 6.45) is 1.78. The van der Waals surface area contributed by atoms with Crippen LogP contribution in [0.3, 0.4) is 0 Å². The molecule has 4 aromatic carbocycles. The summed E-state index contributed by atoms with van der Waals surface area (Å²) < 4.78 is 12.0. The number of Topliss-reactive ketones (excluding diaryl/α,β-unsaturated/α-hetero) is 1. The molecule has 0 atom stereocenters. The Morgan fingerprint density at radius 2 is 1.55 bits per heavy atom. The smallest absolute Gasteiger partial charge is 0.231 e. The van der Waals surface area contributed by atoms with Crippen molar-refractivity contribution in [3.63, 3.8) is 0 Å². The summed E-state index contributed by atoms with van der Waals surface area (Å²) >= 11 is 6.23. The fourth-order valence-corrected chi connectivity index (χ4v) is 4.04. The third-order valence-corrected chi connectivity index (χ3v) is 6.06. The molecule has 0 bridgehead atoms. The SMILES string of the molecule is Cc1c(OCc2ccccc2Cl)ccc2c1O/C(=C\c1ccc(-c3ccccc3)cc1)C2=O. The Bertz CT molecular complexity index is 1360. The Morgan fingerprint density at radius 3 is 2.30 bits per heavy atom. The molecule has 0 amide bonds. The minimum absolute atomic E-state index is 0.127. The van der Waals surface area contributed by atoms with Crippen LogP contribution in [-0.4, -0.2) is 5.78 Å². The van der Waals surface area contributed by atoms with Crippen LogP contribution in [0, 0.1) is 6.92 Å². The van der Waals surface area contributed by atoms with E-state index in [1.165, 1.54) is 0 Å². The van der Waals surface area contributed by atoms with E-state index in [4.69, 9.17) is 21.1 Å². The van der Waals surface area contributed by atoms with Gasteiger partial charge in [-0.25, -0.2) is 0 Å². The number of ether oxygens (including phenoxy) is 2. The molecule has 0 radical (unpaired) electrons.